The fraction of sp³-hybridized carbons (Fsp3) is 0.500. The largest absolute Gasteiger partial charge is 0.337 e. The Morgan fingerprint density at radius 3 is 2.68 bits per heavy atom. The Hall–Kier alpha value is -2.14. The maximum Gasteiger partial charge on any atom is 0.240 e. The van der Waals surface area contributed by atoms with Crippen LogP contribution in [0, 0.1) is 0 Å². The van der Waals surface area contributed by atoms with Crippen molar-refractivity contribution in [2.45, 2.75) is 58.3 Å². The van der Waals surface area contributed by atoms with Gasteiger partial charge in [-0.15, -0.1) is 0 Å². The third kappa shape index (κ3) is 4.28. The molecular weight excluding hydrogens is 312 g/mol. The first-order valence-electron chi connectivity index (χ1n) is 9.17. The number of piperidine rings is 1. The smallest absolute Gasteiger partial charge is 0.240 e. The van der Waals surface area contributed by atoms with Gasteiger partial charge in [0.25, 0.3) is 0 Å². The van der Waals surface area contributed by atoms with Crippen molar-refractivity contribution in [2.24, 2.45) is 0 Å². The summed E-state index contributed by atoms with van der Waals surface area (Å²) in [7, 11) is 0. The predicted molar refractivity (Wildman–Crippen MR) is 99.0 cm³/mol. The third-order valence-electron chi connectivity index (χ3n) is 4.85. The van der Waals surface area contributed by atoms with Crippen LogP contribution in [0.15, 0.2) is 42.7 Å². The molecule has 1 aromatic heterocycles. The van der Waals surface area contributed by atoms with E-state index in [-0.39, 0.29) is 18.0 Å². The highest BCUT2D eigenvalue weighted by molar-refractivity contribution is 5.82. The standard InChI is InChI=1S/C20H28N4O/c1-15(2)24-14-18(12-21-24)16(3)22-19-10-7-11-23(20(19)25)13-17-8-5-4-6-9-17/h4-6,8-9,12,14-16,19,22H,7,10-11,13H2,1-3H3/t16-,19+/m0/s1. The van der Waals surface area contributed by atoms with Crippen molar-refractivity contribution in [3.63, 3.8) is 0 Å². The average Bonchev–Trinajstić information content (AvgIpc) is 3.10. The molecule has 1 aliphatic rings. The number of carbonyl (C=O) groups is 1. The molecule has 0 saturated carbocycles. The zero-order chi connectivity index (χ0) is 17.8. The topological polar surface area (TPSA) is 50.2 Å². The summed E-state index contributed by atoms with van der Waals surface area (Å²) in [5, 5.41) is 7.91. The Kier molecular flexibility index (Phi) is 5.53. The van der Waals surface area contributed by atoms with Crippen molar-refractivity contribution in [3.8, 4) is 0 Å². The molecule has 0 aliphatic carbocycles. The van der Waals surface area contributed by atoms with Crippen LogP contribution in [0.3, 0.4) is 0 Å². The van der Waals surface area contributed by atoms with E-state index in [0.717, 1.165) is 24.9 Å². The molecule has 1 aliphatic heterocycles. The summed E-state index contributed by atoms with van der Waals surface area (Å²) in [4.78, 5) is 14.8. The van der Waals surface area contributed by atoms with E-state index in [4.69, 9.17) is 0 Å². The minimum absolute atomic E-state index is 0.109. The molecule has 3 rings (SSSR count). The Morgan fingerprint density at radius 2 is 2.00 bits per heavy atom. The van der Waals surface area contributed by atoms with E-state index >= 15 is 0 Å². The van der Waals surface area contributed by atoms with E-state index in [0.29, 0.717) is 12.6 Å². The predicted octanol–water partition coefficient (Wildman–Crippen LogP) is 3.31. The molecule has 0 radical (unpaired) electrons. The van der Waals surface area contributed by atoms with Gasteiger partial charge in [-0.05, 0) is 39.2 Å². The lowest BCUT2D eigenvalue weighted by Crippen LogP contribution is -2.50. The summed E-state index contributed by atoms with van der Waals surface area (Å²) < 4.78 is 1.96. The molecule has 5 heteroatoms. The van der Waals surface area contributed by atoms with Gasteiger partial charge in [-0.2, -0.15) is 5.10 Å². The average molecular weight is 340 g/mol. The number of likely N-dealkylation sites (tertiary alicyclic amines) is 1. The van der Waals surface area contributed by atoms with Crippen molar-refractivity contribution in [2.75, 3.05) is 6.54 Å². The fourth-order valence-electron chi connectivity index (χ4n) is 3.31. The van der Waals surface area contributed by atoms with Gasteiger partial charge < -0.3 is 4.90 Å². The van der Waals surface area contributed by atoms with E-state index in [1.807, 2.05) is 34.0 Å². The van der Waals surface area contributed by atoms with Crippen LogP contribution in [-0.4, -0.2) is 33.2 Å². The Bertz CT molecular complexity index is 695. The second-order valence-electron chi connectivity index (χ2n) is 7.18. The lowest BCUT2D eigenvalue weighted by Gasteiger charge is -2.34. The highest BCUT2D eigenvalue weighted by atomic mass is 16.2. The molecule has 1 aromatic carbocycles. The minimum atomic E-state index is -0.116. The van der Waals surface area contributed by atoms with E-state index in [1.54, 1.807) is 0 Å². The molecule has 0 spiro atoms. The molecule has 2 aromatic rings. The molecule has 5 nitrogen and oxygen atoms in total. The molecule has 2 atom stereocenters. The molecule has 0 unspecified atom stereocenters. The van der Waals surface area contributed by atoms with Crippen LogP contribution in [0.2, 0.25) is 0 Å². The van der Waals surface area contributed by atoms with Gasteiger partial charge in [0.15, 0.2) is 0 Å². The van der Waals surface area contributed by atoms with Gasteiger partial charge in [0.2, 0.25) is 5.91 Å². The number of carbonyl (C=O) groups excluding carboxylic acids is 1. The van der Waals surface area contributed by atoms with Gasteiger partial charge in [0.05, 0.1) is 12.2 Å². The molecule has 1 amide bonds. The summed E-state index contributed by atoms with van der Waals surface area (Å²) >= 11 is 0. The lowest BCUT2D eigenvalue weighted by molar-refractivity contribution is -0.136. The quantitative estimate of drug-likeness (QED) is 0.878. The van der Waals surface area contributed by atoms with Crippen molar-refractivity contribution in [1.82, 2.24) is 20.0 Å². The third-order valence-corrected chi connectivity index (χ3v) is 4.85. The number of benzene rings is 1. The molecule has 25 heavy (non-hydrogen) atoms. The van der Waals surface area contributed by atoms with E-state index in [1.165, 1.54) is 5.56 Å². The van der Waals surface area contributed by atoms with Crippen molar-refractivity contribution in [3.05, 3.63) is 53.9 Å². The van der Waals surface area contributed by atoms with Gasteiger partial charge in [-0.3, -0.25) is 14.8 Å². The first kappa shape index (κ1) is 17.7. The van der Waals surface area contributed by atoms with Gasteiger partial charge in [0, 0.05) is 36.9 Å². The van der Waals surface area contributed by atoms with Gasteiger partial charge in [0.1, 0.15) is 0 Å². The second-order valence-corrected chi connectivity index (χ2v) is 7.18. The lowest BCUT2D eigenvalue weighted by atomic mass is 10.0. The van der Waals surface area contributed by atoms with Crippen molar-refractivity contribution in [1.29, 1.82) is 0 Å². The molecule has 134 valence electrons. The fourth-order valence-corrected chi connectivity index (χ4v) is 3.31. The molecular formula is C20H28N4O. The van der Waals surface area contributed by atoms with Gasteiger partial charge >= 0.3 is 0 Å². The normalized spacial score (nSPS) is 19.4. The summed E-state index contributed by atoms with van der Waals surface area (Å²) in [5.74, 6) is 0.207. The van der Waals surface area contributed by atoms with Gasteiger partial charge in [-0.25, -0.2) is 0 Å². The Morgan fingerprint density at radius 1 is 1.24 bits per heavy atom. The Labute approximate surface area is 150 Å². The summed E-state index contributed by atoms with van der Waals surface area (Å²) in [6.07, 6.45) is 5.89. The van der Waals surface area contributed by atoms with E-state index < -0.39 is 0 Å². The Balaban J connectivity index is 1.62. The van der Waals surface area contributed by atoms with Crippen LogP contribution in [-0.2, 0) is 11.3 Å². The second kappa shape index (κ2) is 7.83. The van der Waals surface area contributed by atoms with Crippen molar-refractivity contribution < 1.29 is 4.79 Å². The van der Waals surface area contributed by atoms with Crippen LogP contribution >= 0.6 is 0 Å². The number of nitrogens with zero attached hydrogens (tertiary/aromatic N) is 3. The monoisotopic (exact) mass is 340 g/mol. The summed E-state index contributed by atoms with van der Waals surface area (Å²) in [6.45, 7) is 7.86. The zero-order valence-corrected chi connectivity index (χ0v) is 15.4. The number of amides is 1. The van der Waals surface area contributed by atoms with Crippen LogP contribution < -0.4 is 5.32 Å². The summed E-state index contributed by atoms with van der Waals surface area (Å²) in [6, 6.07) is 10.5. The van der Waals surface area contributed by atoms with Crippen molar-refractivity contribution >= 4 is 5.91 Å². The maximum atomic E-state index is 12.9. The highest BCUT2D eigenvalue weighted by Crippen LogP contribution is 2.20. The first-order valence-corrected chi connectivity index (χ1v) is 9.17. The zero-order valence-electron chi connectivity index (χ0n) is 15.4. The van der Waals surface area contributed by atoms with Crippen LogP contribution in [0.4, 0.5) is 0 Å². The van der Waals surface area contributed by atoms with Gasteiger partial charge in [-0.1, -0.05) is 30.3 Å². The van der Waals surface area contributed by atoms with Crippen LogP contribution in [0.1, 0.15) is 56.8 Å². The molecule has 1 fully saturated rings. The number of aromatic nitrogens is 2. The summed E-state index contributed by atoms with van der Waals surface area (Å²) in [5.41, 5.74) is 2.31. The molecule has 0 bridgehead atoms. The number of hydrogen-bond donors (Lipinski definition) is 1. The highest BCUT2D eigenvalue weighted by Gasteiger charge is 2.29. The van der Waals surface area contributed by atoms with E-state index in [2.05, 4.69) is 49.5 Å². The molecule has 1 saturated heterocycles. The molecule has 1 N–H and O–H groups in total. The van der Waals surface area contributed by atoms with Crippen LogP contribution in [0.25, 0.3) is 0 Å². The molecule has 2 heterocycles. The SMILES string of the molecule is CC(C)n1cc([C@H](C)N[C@@H]2CCCN(Cc3ccccc3)C2=O)cn1. The minimum Gasteiger partial charge on any atom is -0.337 e. The number of rotatable bonds is 6. The first-order chi connectivity index (χ1) is 12.0. The maximum absolute atomic E-state index is 12.9. The van der Waals surface area contributed by atoms with Crippen LogP contribution in [0.5, 0.6) is 0 Å². The number of nitrogens with one attached hydrogen (secondary N) is 1. The number of hydrogen-bond acceptors (Lipinski definition) is 3. The van der Waals surface area contributed by atoms with E-state index in [9.17, 15) is 4.79 Å².